The third kappa shape index (κ3) is 3.98. The molecule has 3 heteroatoms. The second-order valence-electron chi connectivity index (χ2n) is 6.64. The van der Waals surface area contributed by atoms with Crippen LogP contribution in [0.2, 0.25) is 0 Å². The van der Waals surface area contributed by atoms with Crippen molar-refractivity contribution >= 4 is 0 Å². The highest BCUT2D eigenvalue weighted by atomic mass is 16.5. The minimum atomic E-state index is 0.487. The molecule has 1 heterocycles. The molecule has 0 amide bonds. The van der Waals surface area contributed by atoms with Crippen LogP contribution in [0.25, 0.3) is 0 Å². The molecule has 0 unspecified atom stereocenters. The predicted molar refractivity (Wildman–Crippen MR) is 89.3 cm³/mol. The Morgan fingerprint density at radius 1 is 1.05 bits per heavy atom. The molecule has 1 saturated heterocycles. The number of methoxy groups -OCH3 is 1. The van der Waals surface area contributed by atoms with E-state index in [-0.39, 0.29) is 0 Å². The highest BCUT2D eigenvalue weighted by Gasteiger charge is 2.18. The van der Waals surface area contributed by atoms with E-state index in [2.05, 4.69) is 50.0 Å². The summed E-state index contributed by atoms with van der Waals surface area (Å²) in [6, 6.07) is 4.69. The van der Waals surface area contributed by atoms with Gasteiger partial charge in [-0.05, 0) is 28.5 Å². The Balaban J connectivity index is 2.32. The fraction of sp³-hybridized carbons (Fsp3) is 0.667. The number of nitrogens with zero attached hydrogens (tertiary/aromatic N) is 1. The third-order valence-electron chi connectivity index (χ3n) is 4.27. The average molecular weight is 290 g/mol. The first-order chi connectivity index (χ1) is 10.0. The molecule has 0 aromatic heterocycles. The summed E-state index contributed by atoms with van der Waals surface area (Å²) in [6.45, 7) is 14.5. The minimum absolute atomic E-state index is 0.487. The van der Waals surface area contributed by atoms with Crippen LogP contribution in [0.1, 0.15) is 56.2 Å². The summed E-state index contributed by atoms with van der Waals surface area (Å²) >= 11 is 0. The minimum Gasteiger partial charge on any atom is -0.496 e. The van der Waals surface area contributed by atoms with Crippen LogP contribution in [0.4, 0.5) is 0 Å². The summed E-state index contributed by atoms with van der Waals surface area (Å²) in [7, 11) is 1.79. The second-order valence-corrected chi connectivity index (χ2v) is 6.64. The highest BCUT2D eigenvalue weighted by Crippen LogP contribution is 2.36. The Labute approximate surface area is 129 Å². The lowest BCUT2D eigenvalue weighted by atomic mass is 9.91. The lowest BCUT2D eigenvalue weighted by Gasteiger charge is -2.28. The largest absolute Gasteiger partial charge is 0.496 e. The van der Waals surface area contributed by atoms with Crippen molar-refractivity contribution in [1.29, 1.82) is 0 Å². The van der Waals surface area contributed by atoms with Crippen LogP contribution < -0.4 is 10.1 Å². The summed E-state index contributed by atoms with van der Waals surface area (Å²) < 4.78 is 5.72. The van der Waals surface area contributed by atoms with Gasteiger partial charge in [0.05, 0.1) is 7.11 Å². The Morgan fingerprint density at radius 2 is 1.57 bits per heavy atom. The second kappa shape index (κ2) is 7.28. The maximum atomic E-state index is 5.72. The van der Waals surface area contributed by atoms with Crippen LogP contribution in [0.5, 0.6) is 5.75 Å². The zero-order valence-electron chi connectivity index (χ0n) is 14.2. The maximum absolute atomic E-state index is 5.72. The van der Waals surface area contributed by atoms with Crippen molar-refractivity contribution in [2.45, 2.75) is 46.1 Å². The van der Waals surface area contributed by atoms with Crippen LogP contribution in [0.3, 0.4) is 0 Å². The van der Waals surface area contributed by atoms with Gasteiger partial charge >= 0.3 is 0 Å². The third-order valence-corrected chi connectivity index (χ3v) is 4.27. The Morgan fingerprint density at radius 3 is 2.00 bits per heavy atom. The summed E-state index contributed by atoms with van der Waals surface area (Å²) in [5.74, 6) is 2.06. The van der Waals surface area contributed by atoms with Crippen LogP contribution in [-0.2, 0) is 6.54 Å². The predicted octanol–water partition coefficient (Wildman–Crippen LogP) is 3.35. The van der Waals surface area contributed by atoms with Gasteiger partial charge < -0.3 is 10.1 Å². The molecule has 21 heavy (non-hydrogen) atoms. The Bertz CT molecular complexity index is 433. The van der Waals surface area contributed by atoms with Crippen LogP contribution in [0, 0.1) is 0 Å². The fourth-order valence-electron chi connectivity index (χ4n) is 3.05. The molecule has 1 aliphatic heterocycles. The number of ether oxygens (including phenoxy) is 1. The molecule has 118 valence electrons. The molecule has 1 aromatic rings. The lowest BCUT2D eigenvalue weighted by molar-refractivity contribution is 0.233. The molecule has 1 fully saturated rings. The summed E-state index contributed by atoms with van der Waals surface area (Å²) in [5.41, 5.74) is 4.10. The molecule has 1 aromatic carbocycles. The molecule has 0 aliphatic carbocycles. The monoisotopic (exact) mass is 290 g/mol. The normalized spacial score (nSPS) is 16.7. The van der Waals surface area contributed by atoms with Gasteiger partial charge in [-0.3, -0.25) is 4.90 Å². The molecule has 0 atom stereocenters. The van der Waals surface area contributed by atoms with Crippen molar-refractivity contribution in [1.82, 2.24) is 10.2 Å². The van der Waals surface area contributed by atoms with E-state index in [1.165, 1.54) is 16.7 Å². The van der Waals surface area contributed by atoms with Crippen LogP contribution in [0.15, 0.2) is 12.1 Å². The van der Waals surface area contributed by atoms with Gasteiger partial charge in [-0.25, -0.2) is 0 Å². The van der Waals surface area contributed by atoms with Crippen molar-refractivity contribution in [2.75, 3.05) is 33.3 Å². The van der Waals surface area contributed by atoms with Gasteiger partial charge in [0.1, 0.15) is 5.75 Å². The number of piperazine rings is 1. The van der Waals surface area contributed by atoms with E-state index >= 15 is 0 Å². The van der Waals surface area contributed by atoms with Gasteiger partial charge in [0.25, 0.3) is 0 Å². The molecule has 2 rings (SSSR count). The number of rotatable bonds is 5. The van der Waals surface area contributed by atoms with Crippen molar-refractivity contribution in [3.8, 4) is 5.75 Å². The topological polar surface area (TPSA) is 24.5 Å². The molecule has 0 spiro atoms. The summed E-state index contributed by atoms with van der Waals surface area (Å²) in [5, 5.41) is 3.42. The average Bonchev–Trinajstić information content (AvgIpc) is 2.47. The van der Waals surface area contributed by atoms with Gasteiger partial charge in [-0.15, -0.1) is 0 Å². The van der Waals surface area contributed by atoms with E-state index < -0.39 is 0 Å². The van der Waals surface area contributed by atoms with Gasteiger partial charge in [0, 0.05) is 32.7 Å². The molecule has 1 N–H and O–H groups in total. The molecule has 0 bridgehead atoms. The van der Waals surface area contributed by atoms with E-state index in [0.717, 1.165) is 38.5 Å². The zero-order chi connectivity index (χ0) is 15.4. The lowest BCUT2D eigenvalue weighted by Crippen LogP contribution is -2.42. The van der Waals surface area contributed by atoms with Gasteiger partial charge in [0.15, 0.2) is 0 Å². The van der Waals surface area contributed by atoms with Crippen molar-refractivity contribution in [2.24, 2.45) is 0 Å². The summed E-state index contributed by atoms with van der Waals surface area (Å²) in [4.78, 5) is 2.53. The smallest absolute Gasteiger partial charge is 0.125 e. The number of hydrogen-bond donors (Lipinski definition) is 1. The molecule has 3 nitrogen and oxygen atoms in total. The van der Waals surface area contributed by atoms with Gasteiger partial charge in [0.2, 0.25) is 0 Å². The Kier molecular flexibility index (Phi) is 5.65. The first-order valence-electron chi connectivity index (χ1n) is 8.16. The summed E-state index contributed by atoms with van der Waals surface area (Å²) in [6.07, 6.45) is 0. The quantitative estimate of drug-likeness (QED) is 0.900. The zero-order valence-corrected chi connectivity index (χ0v) is 14.2. The maximum Gasteiger partial charge on any atom is 0.125 e. The van der Waals surface area contributed by atoms with E-state index in [0.29, 0.717) is 11.8 Å². The number of benzene rings is 1. The van der Waals surface area contributed by atoms with E-state index in [1.807, 2.05) is 0 Å². The van der Waals surface area contributed by atoms with Gasteiger partial charge in [-0.2, -0.15) is 0 Å². The van der Waals surface area contributed by atoms with Crippen LogP contribution in [-0.4, -0.2) is 38.2 Å². The van der Waals surface area contributed by atoms with Crippen molar-refractivity contribution < 1.29 is 4.74 Å². The first kappa shape index (κ1) is 16.3. The molecule has 0 saturated carbocycles. The molecular weight excluding hydrogens is 260 g/mol. The van der Waals surface area contributed by atoms with Crippen molar-refractivity contribution in [3.63, 3.8) is 0 Å². The van der Waals surface area contributed by atoms with Crippen LogP contribution >= 0.6 is 0 Å². The SMILES string of the molecule is COc1c(C(C)C)cc(CN2CCNCC2)cc1C(C)C. The molecular formula is C18H30N2O. The Hall–Kier alpha value is -1.06. The van der Waals surface area contributed by atoms with Crippen molar-refractivity contribution in [3.05, 3.63) is 28.8 Å². The molecule has 1 aliphatic rings. The van der Waals surface area contributed by atoms with E-state index in [1.54, 1.807) is 7.11 Å². The van der Waals surface area contributed by atoms with Gasteiger partial charge in [-0.1, -0.05) is 39.8 Å². The fourth-order valence-corrected chi connectivity index (χ4v) is 3.05. The first-order valence-corrected chi connectivity index (χ1v) is 8.16. The van der Waals surface area contributed by atoms with E-state index in [9.17, 15) is 0 Å². The number of hydrogen-bond acceptors (Lipinski definition) is 3. The van der Waals surface area contributed by atoms with E-state index in [4.69, 9.17) is 4.74 Å². The standard InChI is InChI=1S/C18H30N2O/c1-13(2)16-10-15(12-20-8-6-19-7-9-20)11-17(14(3)4)18(16)21-5/h10-11,13-14,19H,6-9,12H2,1-5H3. The highest BCUT2D eigenvalue weighted by molar-refractivity contribution is 5.47. The number of nitrogens with one attached hydrogen (secondary N) is 1. The molecule has 0 radical (unpaired) electrons.